The van der Waals surface area contributed by atoms with Gasteiger partial charge in [0.05, 0.1) is 6.04 Å². The molecular weight excluding hydrogens is 235 g/mol. The van der Waals surface area contributed by atoms with Crippen LogP contribution in [0, 0.1) is 17.5 Å². The minimum atomic E-state index is -1.54. The molecule has 90 valence electrons. The number of rotatable bonds is 2. The van der Waals surface area contributed by atoms with Crippen LogP contribution >= 0.6 is 0 Å². The van der Waals surface area contributed by atoms with Gasteiger partial charge in [0, 0.05) is 5.56 Å². The van der Waals surface area contributed by atoms with Crippen molar-refractivity contribution in [1.82, 2.24) is 10.2 Å². The third-order valence-corrected chi connectivity index (χ3v) is 2.06. The normalized spacial score (nSPS) is 12.8. The fraction of sp³-hybridized carbons (Fsp3) is 0.200. The molecule has 0 spiro atoms. The van der Waals surface area contributed by atoms with Crippen LogP contribution in [0.5, 0.6) is 0 Å². The maximum absolute atomic E-state index is 13.0. The molecule has 0 bridgehead atoms. The molecule has 7 heteroatoms. The zero-order valence-electron chi connectivity index (χ0n) is 8.75. The third kappa shape index (κ3) is 2.14. The van der Waals surface area contributed by atoms with E-state index in [2.05, 4.69) is 10.2 Å². The lowest BCUT2D eigenvalue weighted by Crippen LogP contribution is -2.04. The quantitative estimate of drug-likeness (QED) is 0.821. The molecular formula is C10H8F3N3O. The van der Waals surface area contributed by atoms with E-state index in [1.54, 1.807) is 6.92 Å². The standard InChI is InChI=1S/C10H8F3N3O/c1-4(14)9-15-16-10(17-9)5-2-6(11)8(13)7(12)3-5/h2-4H,14H2,1H3. The van der Waals surface area contributed by atoms with Gasteiger partial charge in [0.1, 0.15) is 0 Å². The van der Waals surface area contributed by atoms with Crippen LogP contribution in [0.25, 0.3) is 11.5 Å². The monoisotopic (exact) mass is 243 g/mol. The first-order valence-electron chi connectivity index (χ1n) is 4.73. The Bertz CT molecular complexity index is 530. The summed E-state index contributed by atoms with van der Waals surface area (Å²) in [5.41, 5.74) is 5.44. The Balaban J connectivity index is 2.46. The summed E-state index contributed by atoms with van der Waals surface area (Å²) in [7, 11) is 0. The Morgan fingerprint density at radius 1 is 1.18 bits per heavy atom. The largest absolute Gasteiger partial charge is 0.419 e. The molecule has 0 aliphatic rings. The summed E-state index contributed by atoms with van der Waals surface area (Å²) in [6, 6.07) is 1.06. The SMILES string of the molecule is CC(N)c1nnc(-c2cc(F)c(F)c(F)c2)o1. The second-order valence-corrected chi connectivity index (χ2v) is 3.49. The van der Waals surface area contributed by atoms with Crippen LogP contribution in [-0.4, -0.2) is 10.2 Å². The number of aromatic nitrogens is 2. The fourth-order valence-corrected chi connectivity index (χ4v) is 1.21. The van der Waals surface area contributed by atoms with Crippen LogP contribution in [0.4, 0.5) is 13.2 Å². The van der Waals surface area contributed by atoms with Crippen molar-refractivity contribution in [1.29, 1.82) is 0 Å². The average molecular weight is 243 g/mol. The van der Waals surface area contributed by atoms with E-state index in [1.165, 1.54) is 0 Å². The molecule has 0 amide bonds. The number of benzene rings is 1. The molecule has 0 aliphatic heterocycles. The van der Waals surface area contributed by atoms with E-state index >= 15 is 0 Å². The van der Waals surface area contributed by atoms with Gasteiger partial charge < -0.3 is 10.2 Å². The van der Waals surface area contributed by atoms with Crippen LogP contribution in [0.3, 0.4) is 0 Å². The number of hydrogen-bond donors (Lipinski definition) is 1. The summed E-state index contributed by atoms with van der Waals surface area (Å²) in [6.07, 6.45) is 0. The Morgan fingerprint density at radius 3 is 2.24 bits per heavy atom. The predicted octanol–water partition coefficient (Wildman–Crippen LogP) is 2.17. The molecule has 1 heterocycles. The van der Waals surface area contributed by atoms with Gasteiger partial charge >= 0.3 is 0 Å². The third-order valence-electron chi connectivity index (χ3n) is 2.06. The van der Waals surface area contributed by atoms with Gasteiger partial charge in [-0.05, 0) is 19.1 Å². The maximum Gasteiger partial charge on any atom is 0.248 e. The van der Waals surface area contributed by atoms with E-state index in [4.69, 9.17) is 10.2 Å². The maximum atomic E-state index is 13.0. The molecule has 2 aromatic rings. The first-order chi connectivity index (χ1) is 7.99. The minimum Gasteiger partial charge on any atom is -0.419 e. The first-order valence-corrected chi connectivity index (χ1v) is 4.73. The van der Waals surface area contributed by atoms with Gasteiger partial charge in [-0.25, -0.2) is 13.2 Å². The van der Waals surface area contributed by atoms with E-state index in [1.807, 2.05) is 0 Å². The van der Waals surface area contributed by atoms with Gasteiger partial charge in [-0.15, -0.1) is 10.2 Å². The van der Waals surface area contributed by atoms with Crippen LogP contribution in [-0.2, 0) is 0 Å². The van der Waals surface area contributed by atoms with Crippen molar-refractivity contribution in [2.24, 2.45) is 5.73 Å². The summed E-state index contributed by atoms with van der Waals surface area (Å²) in [4.78, 5) is 0. The molecule has 0 saturated heterocycles. The van der Waals surface area contributed by atoms with Gasteiger partial charge in [-0.1, -0.05) is 0 Å². The summed E-state index contributed by atoms with van der Waals surface area (Å²) < 4.78 is 43.7. The molecule has 1 atom stereocenters. The van der Waals surface area contributed by atoms with E-state index in [0.717, 1.165) is 12.1 Å². The second-order valence-electron chi connectivity index (χ2n) is 3.49. The molecule has 2 N–H and O–H groups in total. The van der Waals surface area contributed by atoms with Crippen LogP contribution in [0.1, 0.15) is 18.9 Å². The van der Waals surface area contributed by atoms with E-state index in [-0.39, 0.29) is 17.3 Å². The molecule has 0 aliphatic carbocycles. The van der Waals surface area contributed by atoms with E-state index in [0.29, 0.717) is 0 Å². The first kappa shape index (κ1) is 11.6. The molecule has 17 heavy (non-hydrogen) atoms. The predicted molar refractivity (Wildman–Crippen MR) is 52.2 cm³/mol. The van der Waals surface area contributed by atoms with E-state index < -0.39 is 23.5 Å². The van der Waals surface area contributed by atoms with Crippen molar-refractivity contribution >= 4 is 0 Å². The Hall–Kier alpha value is -1.89. The number of nitrogens with two attached hydrogens (primary N) is 1. The highest BCUT2D eigenvalue weighted by molar-refractivity contribution is 5.52. The lowest BCUT2D eigenvalue weighted by Gasteiger charge is -1.99. The van der Waals surface area contributed by atoms with E-state index in [9.17, 15) is 13.2 Å². The van der Waals surface area contributed by atoms with Gasteiger partial charge in [0.2, 0.25) is 11.8 Å². The highest BCUT2D eigenvalue weighted by atomic mass is 19.2. The molecule has 0 fully saturated rings. The Kier molecular flexibility index (Phi) is 2.84. The molecule has 1 aromatic carbocycles. The number of hydrogen-bond acceptors (Lipinski definition) is 4. The Morgan fingerprint density at radius 2 is 1.76 bits per heavy atom. The van der Waals surface area contributed by atoms with Gasteiger partial charge in [-0.2, -0.15) is 0 Å². The molecule has 0 radical (unpaired) electrons. The summed E-state index contributed by atoms with van der Waals surface area (Å²) in [6.45, 7) is 1.61. The number of nitrogens with zero attached hydrogens (tertiary/aromatic N) is 2. The number of halogens is 3. The topological polar surface area (TPSA) is 64.9 Å². The van der Waals surface area contributed by atoms with Crippen molar-refractivity contribution in [2.45, 2.75) is 13.0 Å². The van der Waals surface area contributed by atoms with Crippen LogP contribution in [0.2, 0.25) is 0 Å². The molecule has 2 rings (SSSR count). The Labute approximate surface area is 94.3 Å². The van der Waals surface area contributed by atoms with Crippen LogP contribution in [0.15, 0.2) is 16.5 Å². The average Bonchev–Trinajstić information content (AvgIpc) is 2.74. The van der Waals surface area contributed by atoms with Gasteiger partial charge in [0.15, 0.2) is 17.5 Å². The lowest BCUT2D eigenvalue weighted by molar-refractivity contribution is 0.444. The fourth-order valence-electron chi connectivity index (χ4n) is 1.21. The van der Waals surface area contributed by atoms with Crippen LogP contribution < -0.4 is 5.73 Å². The molecule has 1 aromatic heterocycles. The molecule has 0 saturated carbocycles. The minimum absolute atomic E-state index is 0.0409. The van der Waals surface area contributed by atoms with Crippen molar-refractivity contribution < 1.29 is 17.6 Å². The van der Waals surface area contributed by atoms with Gasteiger partial charge in [0.25, 0.3) is 0 Å². The zero-order chi connectivity index (χ0) is 12.6. The lowest BCUT2D eigenvalue weighted by atomic mass is 10.2. The highest BCUT2D eigenvalue weighted by Gasteiger charge is 2.16. The van der Waals surface area contributed by atoms with Crippen molar-refractivity contribution in [2.75, 3.05) is 0 Å². The summed E-state index contributed by atoms with van der Waals surface area (Å²) in [5, 5.41) is 7.16. The van der Waals surface area contributed by atoms with Crippen molar-refractivity contribution in [3.63, 3.8) is 0 Å². The van der Waals surface area contributed by atoms with Gasteiger partial charge in [-0.3, -0.25) is 0 Å². The molecule has 4 nitrogen and oxygen atoms in total. The summed E-state index contributed by atoms with van der Waals surface area (Å²) >= 11 is 0. The smallest absolute Gasteiger partial charge is 0.248 e. The van der Waals surface area contributed by atoms with Crippen molar-refractivity contribution in [3.8, 4) is 11.5 Å². The molecule has 1 unspecified atom stereocenters. The summed E-state index contributed by atoms with van der Waals surface area (Å²) in [5.74, 6) is -4.16. The zero-order valence-corrected chi connectivity index (χ0v) is 8.75. The second kappa shape index (κ2) is 4.17. The van der Waals surface area contributed by atoms with Crippen molar-refractivity contribution in [3.05, 3.63) is 35.5 Å². The highest BCUT2D eigenvalue weighted by Crippen LogP contribution is 2.23.